The van der Waals surface area contributed by atoms with E-state index in [0.717, 1.165) is 15.7 Å². The molecule has 0 spiro atoms. The molecule has 1 heterocycles. The number of benzene rings is 1. The van der Waals surface area contributed by atoms with E-state index in [-0.39, 0.29) is 11.9 Å². The van der Waals surface area contributed by atoms with Crippen LogP contribution in [0.4, 0.5) is 4.39 Å². The zero-order valence-corrected chi connectivity index (χ0v) is 12.2. The molecule has 0 amide bonds. The van der Waals surface area contributed by atoms with E-state index in [4.69, 9.17) is 17.4 Å². The first-order valence-corrected chi connectivity index (χ1v) is 6.78. The third-order valence-electron chi connectivity index (χ3n) is 2.74. The molecule has 1 aromatic heterocycles. The lowest BCUT2D eigenvalue weighted by Gasteiger charge is -2.17. The molecular weight excluding hydrogens is 333 g/mol. The number of pyridine rings is 1. The first-order valence-electron chi connectivity index (χ1n) is 5.61. The minimum Gasteiger partial charge on any atom is -0.271 e. The van der Waals surface area contributed by atoms with Crippen LogP contribution in [0, 0.1) is 5.82 Å². The van der Waals surface area contributed by atoms with Gasteiger partial charge in [-0.2, -0.15) is 0 Å². The van der Waals surface area contributed by atoms with Crippen molar-refractivity contribution in [2.24, 2.45) is 5.84 Å². The molecule has 0 aliphatic carbocycles. The van der Waals surface area contributed by atoms with Gasteiger partial charge in [-0.3, -0.25) is 16.3 Å². The highest BCUT2D eigenvalue weighted by molar-refractivity contribution is 9.10. The van der Waals surface area contributed by atoms with Crippen molar-refractivity contribution in [1.82, 2.24) is 10.4 Å². The van der Waals surface area contributed by atoms with Crippen LogP contribution in [0.3, 0.4) is 0 Å². The third-order valence-corrected chi connectivity index (χ3v) is 3.54. The van der Waals surface area contributed by atoms with E-state index < -0.39 is 0 Å². The van der Waals surface area contributed by atoms with Gasteiger partial charge in [0.25, 0.3) is 0 Å². The normalized spacial score (nSPS) is 12.4. The second-order valence-electron chi connectivity index (χ2n) is 4.06. The summed E-state index contributed by atoms with van der Waals surface area (Å²) in [5.41, 5.74) is 4.30. The first-order chi connectivity index (χ1) is 9.10. The van der Waals surface area contributed by atoms with Crippen LogP contribution in [0.15, 0.2) is 41.0 Å². The Morgan fingerprint density at radius 1 is 1.37 bits per heavy atom. The van der Waals surface area contributed by atoms with Crippen LogP contribution >= 0.6 is 27.5 Å². The number of rotatable bonds is 4. The van der Waals surface area contributed by atoms with Gasteiger partial charge in [0.15, 0.2) is 0 Å². The van der Waals surface area contributed by atoms with Crippen LogP contribution in [0.5, 0.6) is 0 Å². The van der Waals surface area contributed by atoms with Crippen LogP contribution in [0.2, 0.25) is 5.02 Å². The van der Waals surface area contributed by atoms with Crippen LogP contribution in [-0.4, -0.2) is 4.98 Å². The maximum Gasteiger partial charge on any atom is 0.124 e. The highest BCUT2D eigenvalue weighted by atomic mass is 79.9. The molecular formula is C13H12BrClFN3. The van der Waals surface area contributed by atoms with Gasteiger partial charge in [0, 0.05) is 27.8 Å². The Labute approximate surface area is 124 Å². The molecule has 3 nitrogen and oxygen atoms in total. The summed E-state index contributed by atoms with van der Waals surface area (Å²) in [5.74, 6) is 5.18. The molecule has 1 unspecified atom stereocenters. The summed E-state index contributed by atoms with van der Waals surface area (Å²) in [6, 6.07) is 7.84. The molecule has 0 saturated heterocycles. The van der Waals surface area contributed by atoms with Crippen LogP contribution < -0.4 is 11.3 Å². The standard InChI is InChI=1S/C13H12BrClFN3/c14-8-1-3-10(18-7-8)6-13(19-17)11-4-2-9(16)5-12(11)15/h1-5,7,13,19H,6,17H2. The van der Waals surface area contributed by atoms with Crippen molar-refractivity contribution >= 4 is 27.5 Å². The van der Waals surface area contributed by atoms with Crippen molar-refractivity contribution in [1.29, 1.82) is 0 Å². The fourth-order valence-electron chi connectivity index (χ4n) is 1.78. The lowest BCUT2D eigenvalue weighted by Crippen LogP contribution is -2.30. The number of hydrogen-bond acceptors (Lipinski definition) is 3. The summed E-state index contributed by atoms with van der Waals surface area (Å²) >= 11 is 9.36. The van der Waals surface area contributed by atoms with Gasteiger partial charge in [-0.1, -0.05) is 17.7 Å². The summed E-state index contributed by atoms with van der Waals surface area (Å²) < 4.78 is 13.9. The largest absolute Gasteiger partial charge is 0.271 e. The second kappa shape index (κ2) is 6.43. The summed E-state index contributed by atoms with van der Waals surface area (Å²) in [6.07, 6.45) is 2.28. The maximum absolute atomic E-state index is 13.0. The molecule has 0 fully saturated rings. The van der Waals surface area contributed by atoms with Gasteiger partial charge in [0.2, 0.25) is 0 Å². The molecule has 1 atom stereocenters. The van der Waals surface area contributed by atoms with Crippen LogP contribution in [-0.2, 0) is 6.42 Å². The van der Waals surface area contributed by atoms with E-state index in [0.29, 0.717) is 11.4 Å². The SMILES string of the molecule is NNC(Cc1ccc(Br)cn1)c1ccc(F)cc1Cl. The van der Waals surface area contributed by atoms with Gasteiger partial charge in [0.05, 0.1) is 6.04 Å². The molecule has 2 aromatic rings. The Bertz CT molecular complexity index is 562. The topological polar surface area (TPSA) is 50.9 Å². The van der Waals surface area contributed by atoms with Crippen LogP contribution in [0.25, 0.3) is 0 Å². The summed E-state index contributed by atoms with van der Waals surface area (Å²) in [6.45, 7) is 0. The molecule has 6 heteroatoms. The molecule has 100 valence electrons. The molecule has 1 aromatic carbocycles. The number of halogens is 3. The molecule has 0 radical (unpaired) electrons. The van der Waals surface area contributed by atoms with Gasteiger partial charge in [-0.05, 0) is 45.8 Å². The van der Waals surface area contributed by atoms with E-state index in [2.05, 4.69) is 26.3 Å². The summed E-state index contributed by atoms with van der Waals surface area (Å²) in [5, 5.41) is 0.347. The Morgan fingerprint density at radius 2 is 2.16 bits per heavy atom. The quantitative estimate of drug-likeness (QED) is 0.660. The maximum atomic E-state index is 13.0. The fraction of sp³-hybridized carbons (Fsp3) is 0.154. The van der Waals surface area contributed by atoms with E-state index in [1.165, 1.54) is 12.1 Å². The van der Waals surface area contributed by atoms with Crippen molar-refractivity contribution in [3.63, 3.8) is 0 Å². The zero-order chi connectivity index (χ0) is 13.8. The predicted octanol–water partition coefficient (Wildman–Crippen LogP) is 3.38. The molecule has 0 saturated carbocycles. The highest BCUT2D eigenvalue weighted by Gasteiger charge is 2.15. The molecule has 0 aliphatic rings. The Balaban J connectivity index is 2.22. The number of hydrazine groups is 1. The van der Waals surface area contributed by atoms with Gasteiger partial charge < -0.3 is 0 Å². The Kier molecular flexibility index (Phi) is 4.87. The second-order valence-corrected chi connectivity index (χ2v) is 5.38. The van der Waals surface area contributed by atoms with Gasteiger partial charge in [0.1, 0.15) is 5.82 Å². The monoisotopic (exact) mass is 343 g/mol. The smallest absolute Gasteiger partial charge is 0.124 e. The summed E-state index contributed by atoms with van der Waals surface area (Å²) in [4.78, 5) is 4.28. The number of nitrogens with zero attached hydrogens (tertiary/aromatic N) is 1. The van der Waals surface area contributed by atoms with E-state index in [1.807, 2.05) is 12.1 Å². The van der Waals surface area contributed by atoms with Crippen molar-refractivity contribution in [3.05, 3.63) is 63.1 Å². The lowest BCUT2D eigenvalue weighted by molar-refractivity contribution is 0.543. The fourth-order valence-corrected chi connectivity index (χ4v) is 2.31. The molecule has 2 rings (SSSR count). The zero-order valence-electron chi connectivity index (χ0n) is 9.91. The van der Waals surface area contributed by atoms with Crippen molar-refractivity contribution in [2.75, 3.05) is 0 Å². The highest BCUT2D eigenvalue weighted by Crippen LogP contribution is 2.26. The molecule has 0 bridgehead atoms. The average molecular weight is 345 g/mol. The minimum absolute atomic E-state index is 0.221. The number of aromatic nitrogens is 1. The minimum atomic E-state index is -0.369. The van der Waals surface area contributed by atoms with Crippen molar-refractivity contribution in [2.45, 2.75) is 12.5 Å². The Morgan fingerprint density at radius 3 is 2.74 bits per heavy atom. The Hall–Kier alpha value is -1.01. The summed E-state index contributed by atoms with van der Waals surface area (Å²) in [7, 11) is 0. The number of nitrogens with one attached hydrogen (secondary N) is 1. The van der Waals surface area contributed by atoms with E-state index in [9.17, 15) is 4.39 Å². The number of hydrogen-bond donors (Lipinski definition) is 2. The molecule has 19 heavy (non-hydrogen) atoms. The third kappa shape index (κ3) is 3.73. The van der Waals surface area contributed by atoms with Crippen LogP contribution in [0.1, 0.15) is 17.3 Å². The van der Waals surface area contributed by atoms with Crippen molar-refractivity contribution in [3.8, 4) is 0 Å². The lowest BCUT2D eigenvalue weighted by atomic mass is 10.0. The van der Waals surface area contributed by atoms with E-state index in [1.54, 1.807) is 12.3 Å². The first kappa shape index (κ1) is 14.4. The van der Waals surface area contributed by atoms with Crippen molar-refractivity contribution < 1.29 is 4.39 Å². The molecule has 3 N–H and O–H groups in total. The van der Waals surface area contributed by atoms with Gasteiger partial charge in [-0.25, -0.2) is 4.39 Å². The van der Waals surface area contributed by atoms with Gasteiger partial charge in [-0.15, -0.1) is 0 Å². The number of nitrogens with two attached hydrogens (primary N) is 1. The molecule has 0 aliphatic heterocycles. The predicted molar refractivity (Wildman–Crippen MR) is 77.1 cm³/mol. The van der Waals surface area contributed by atoms with E-state index >= 15 is 0 Å². The average Bonchev–Trinajstić information content (AvgIpc) is 2.39. The van der Waals surface area contributed by atoms with Gasteiger partial charge >= 0.3 is 0 Å².